The average molecular weight is 324 g/mol. The van der Waals surface area contributed by atoms with Gasteiger partial charge in [-0.15, -0.1) is 32.9 Å². The van der Waals surface area contributed by atoms with Crippen LogP contribution in [0.5, 0.6) is 0 Å². The summed E-state index contributed by atoms with van der Waals surface area (Å²) in [4.78, 5) is 1.25. The summed E-state index contributed by atoms with van der Waals surface area (Å²) in [5.74, 6) is 0. The Balaban J connectivity index is 1.60. The van der Waals surface area contributed by atoms with Crippen LogP contribution in [0.25, 0.3) is 19.3 Å². The van der Waals surface area contributed by atoms with Gasteiger partial charge in [0.15, 0.2) is 5.01 Å². The second kappa shape index (κ2) is 6.76. The van der Waals surface area contributed by atoms with Crippen LogP contribution < -0.4 is 5.32 Å². The Kier molecular flexibility index (Phi) is 4.77. The molecule has 20 heavy (non-hydrogen) atoms. The first-order valence-corrected chi connectivity index (χ1v) is 9.38. The highest BCUT2D eigenvalue weighted by molar-refractivity contribution is 7.30. The molecule has 0 radical (unpaired) electrons. The zero-order valence-electron chi connectivity index (χ0n) is 11.4. The molecule has 3 nitrogen and oxygen atoms in total. The molecule has 1 N–H and O–H groups in total. The fraction of sp³-hybridized carbons (Fsp3) is 0.429. The van der Waals surface area contributed by atoms with E-state index < -0.39 is 0 Å². The van der Waals surface area contributed by atoms with Crippen molar-refractivity contribution in [3.05, 3.63) is 22.5 Å². The molecule has 0 amide bonds. The molecule has 3 aromatic heterocycles. The first-order chi connectivity index (χ1) is 9.86. The van der Waals surface area contributed by atoms with Crippen molar-refractivity contribution in [2.45, 2.75) is 26.2 Å². The summed E-state index contributed by atoms with van der Waals surface area (Å²) < 4.78 is 2.70. The number of aromatic nitrogens is 2. The van der Waals surface area contributed by atoms with Crippen LogP contribution in [0.4, 0.5) is 0 Å². The third-order valence-electron chi connectivity index (χ3n) is 2.99. The number of nitrogens with zero attached hydrogens (tertiary/aromatic N) is 2. The van der Waals surface area contributed by atoms with Gasteiger partial charge in [-0.05, 0) is 43.4 Å². The smallest absolute Gasteiger partial charge is 0.157 e. The van der Waals surface area contributed by atoms with Crippen molar-refractivity contribution >= 4 is 43.4 Å². The van der Waals surface area contributed by atoms with E-state index in [0.717, 1.165) is 35.9 Å². The molecule has 106 valence electrons. The molecule has 0 bridgehead atoms. The van der Waals surface area contributed by atoms with Gasteiger partial charge in [0.05, 0.1) is 4.88 Å². The van der Waals surface area contributed by atoms with Crippen molar-refractivity contribution in [3.8, 4) is 9.88 Å². The minimum Gasteiger partial charge on any atom is -0.317 e. The fourth-order valence-electron chi connectivity index (χ4n) is 1.99. The molecule has 3 heterocycles. The minimum absolute atomic E-state index is 1.02. The summed E-state index contributed by atoms with van der Waals surface area (Å²) in [7, 11) is 0. The Morgan fingerprint density at radius 1 is 1.15 bits per heavy atom. The van der Waals surface area contributed by atoms with E-state index in [4.69, 9.17) is 0 Å². The lowest BCUT2D eigenvalue weighted by atomic mass is 10.3. The van der Waals surface area contributed by atoms with Crippen LogP contribution >= 0.6 is 34.0 Å². The molecular formula is C14H17N3S3. The van der Waals surface area contributed by atoms with Gasteiger partial charge in [0.1, 0.15) is 5.01 Å². The molecule has 0 saturated heterocycles. The van der Waals surface area contributed by atoms with Crippen molar-refractivity contribution < 1.29 is 0 Å². The SMILES string of the molecule is CCCNCCCc1nnc(-c2cc3sccc3s2)s1. The molecule has 0 spiro atoms. The summed E-state index contributed by atoms with van der Waals surface area (Å²) in [6, 6.07) is 4.41. The van der Waals surface area contributed by atoms with Gasteiger partial charge >= 0.3 is 0 Å². The lowest BCUT2D eigenvalue weighted by molar-refractivity contribution is 0.637. The maximum absolute atomic E-state index is 4.34. The molecule has 6 heteroatoms. The van der Waals surface area contributed by atoms with E-state index >= 15 is 0 Å². The van der Waals surface area contributed by atoms with E-state index in [2.05, 4.69) is 40.0 Å². The predicted molar refractivity (Wildman–Crippen MR) is 90.1 cm³/mol. The second-order valence-corrected chi connectivity index (χ2v) is 7.71. The monoisotopic (exact) mass is 323 g/mol. The van der Waals surface area contributed by atoms with Crippen LogP contribution in [-0.2, 0) is 6.42 Å². The Morgan fingerprint density at radius 2 is 2.10 bits per heavy atom. The minimum atomic E-state index is 1.02. The van der Waals surface area contributed by atoms with Crippen LogP contribution in [0, 0.1) is 0 Å². The predicted octanol–water partition coefficient (Wildman–Crippen LogP) is 4.41. The van der Waals surface area contributed by atoms with Gasteiger partial charge in [0, 0.05) is 15.8 Å². The van der Waals surface area contributed by atoms with Gasteiger partial charge < -0.3 is 5.32 Å². The lowest BCUT2D eigenvalue weighted by Crippen LogP contribution is -2.16. The number of rotatable bonds is 7. The molecule has 0 aliphatic rings. The van der Waals surface area contributed by atoms with Gasteiger partial charge in [-0.25, -0.2) is 0 Å². The Bertz CT molecular complexity index is 639. The standard InChI is InChI=1S/C14H17N3S3/c1-2-6-15-7-3-4-13-16-17-14(20-13)12-9-11-10(19-12)5-8-18-11/h5,8-9,15H,2-4,6-7H2,1H3. The van der Waals surface area contributed by atoms with Gasteiger partial charge in [-0.2, -0.15) is 0 Å². The Morgan fingerprint density at radius 3 is 2.95 bits per heavy atom. The number of aryl methyl sites for hydroxylation is 1. The molecule has 0 aromatic carbocycles. The van der Waals surface area contributed by atoms with Gasteiger partial charge in [0.25, 0.3) is 0 Å². The zero-order valence-corrected chi connectivity index (χ0v) is 13.8. The summed E-state index contributed by atoms with van der Waals surface area (Å²) in [6.07, 6.45) is 3.35. The van der Waals surface area contributed by atoms with Crippen LogP contribution in [0.1, 0.15) is 24.8 Å². The van der Waals surface area contributed by atoms with Crippen molar-refractivity contribution in [1.29, 1.82) is 0 Å². The third-order valence-corrected chi connectivity index (χ3v) is 6.23. The van der Waals surface area contributed by atoms with E-state index in [9.17, 15) is 0 Å². The van der Waals surface area contributed by atoms with E-state index in [0.29, 0.717) is 0 Å². The summed E-state index contributed by atoms with van der Waals surface area (Å²) in [6.45, 7) is 4.36. The van der Waals surface area contributed by atoms with Gasteiger partial charge in [-0.1, -0.05) is 18.3 Å². The van der Waals surface area contributed by atoms with Crippen LogP contribution in [0.2, 0.25) is 0 Å². The van der Waals surface area contributed by atoms with Crippen molar-refractivity contribution in [3.63, 3.8) is 0 Å². The summed E-state index contributed by atoms with van der Waals surface area (Å²) in [5, 5.41) is 16.4. The van der Waals surface area contributed by atoms with Gasteiger partial charge in [0.2, 0.25) is 0 Å². The van der Waals surface area contributed by atoms with Crippen LogP contribution in [-0.4, -0.2) is 23.3 Å². The molecule has 0 atom stereocenters. The highest BCUT2D eigenvalue weighted by Gasteiger charge is 2.10. The summed E-state index contributed by atoms with van der Waals surface area (Å²) >= 11 is 5.33. The van der Waals surface area contributed by atoms with E-state index in [1.165, 1.54) is 20.7 Å². The number of thiophene rings is 2. The zero-order chi connectivity index (χ0) is 13.8. The second-order valence-electron chi connectivity index (χ2n) is 4.61. The third kappa shape index (κ3) is 3.25. The Labute approximate surface area is 130 Å². The average Bonchev–Trinajstić information content (AvgIpc) is 3.12. The maximum atomic E-state index is 4.34. The largest absolute Gasteiger partial charge is 0.317 e. The van der Waals surface area contributed by atoms with Crippen LogP contribution in [0.15, 0.2) is 17.5 Å². The fourth-order valence-corrected chi connectivity index (χ4v) is 5.02. The highest BCUT2D eigenvalue weighted by atomic mass is 32.1. The summed E-state index contributed by atoms with van der Waals surface area (Å²) in [5.41, 5.74) is 0. The molecule has 0 unspecified atom stereocenters. The van der Waals surface area contributed by atoms with Gasteiger partial charge in [-0.3, -0.25) is 0 Å². The number of hydrogen-bond acceptors (Lipinski definition) is 6. The van der Waals surface area contributed by atoms with Crippen molar-refractivity contribution in [2.24, 2.45) is 0 Å². The van der Waals surface area contributed by atoms with Crippen molar-refractivity contribution in [1.82, 2.24) is 15.5 Å². The first kappa shape index (κ1) is 14.1. The molecule has 0 aliphatic heterocycles. The normalized spacial score (nSPS) is 11.4. The molecular weight excluding hydrogens is 306 g/mol. The molecule has 3 aromatic rings. The topological polar surface area (TPSA) is 37.8 Å². The maximum Gasteiger partial charge on any atom is 0.157 e. The lowest BCUT2D eigenvalue weighted by Gasteiger charge is -1.99. The van der Waals surface area contributed by atoms with E-state index in [1.54, 1.807) is 22.7 Å². The molecule has 3 rings (SSSR count). The number of hydrogen-bond donors (Lipinski definition) is 1. The van der Waals surface area contributed by atoms with E-state index in [-0.39, 0.29) is 0 Å². The molecule has 0 saturated carbocycles. The Hall–Kier alpha value is -0.820. The highest BCUT2D eigenvalue weighted by Crippen LogP contribution is 2.37. The number of nitrogens with one attached hydrogen (secondary N) is 1. The van der Waals surface area contributed by atoms with Crippen molar-refractivity contribution in [2.75, 3.05) is 13.1 Å². The first-order valence-electron chi connectivity index (χ1n) is 6.87. The van der Waals surface area contributed by atoms with E-state index in [1.807, 2.05) is 11.3 Å². The quantitative estimate of drug-likeness (QED) is 0.654. The number of fused-ring (bicyclic) bond motifs is 1. The molecule has 0 fully saturated rings. The van der Waals surface area contributed by atoms with Crippen LogP contribution in [0.3, 0.4) is 0 Å². The molecule has 0 aliphatic carbocycles.